The van der Waals surface area contributed by atoms with Crippen LogP contribution < -0.4 is 0 Å². The van der Waals surface area contributed by atoms with Crippen LogP contribution in [-0.4, -0.2) is 22.3 Å². The number of aliphatic hydroxyl groups is 1. The molecule has 0 aromatic carbocycles. The van der Waals surface area contributed by atoms with Gasteiger partial charge in [-0.25, -0.2) is 0 Å². The number of carbonyl (C=O) groups is 1. The summed E-state index contributed by atoms with van der Waals surface area (Å²) >= 11 is 0. The zero-order valence-electron chi connectivity index (χ0n) is 5.53. The molecule has 56 valence electrons. The summed E-state index contributed by atoms with van der Waals surface area (Å²) in [5, 5.41) is 17.6. The molecule has 3 nitrogen and oxygen atoms in total. The van der Waals surface area contributed by atoms with Crippen LogP contribution in [0.15, 0.2) is 0 Å². The molecule has 2 rings (SSSR count). The van der Waals surface area contributed by atoms with Crippen LogP contribution in [0.2, 0.25) is 0 Å². The van der Waals surface area contributed by atoms with Crippen molar-refractivity contribution in [2.45, 2.75) is 18.9 Å². The number of hydrogen-bond acceptors (Lipinski definition) is 2. The Bertz CT molecular complexity index is 166. The molecule has 10 heavy (non-hydrogen) atoms. The Morgan fingerprint density at radius 3 is 2.20 bits per heavy atom. The van der Waals surface area contributed by atoms with Gasteiger partial charge in [0.25, 0.3) is 0 Å². The van der Waals surface area contributed by atoms with Gasteiger partial charge in [0.05, 0.1) is 12.0 Å². The summed E-state index contributed by atoms with van der Waals surface area (Å²) in [6.07, 6.45) is 1.20. The van der Waals surface area contributed by atoms with Crippen molar-refractivity contribution in [3.8, 4) is 0 Å². The van der Waals surface area contributed by atoms with Crippen molar-refractivity contribution in [1.82, 2.24) is 0 Å². The fraction of sp³-hybridized carbons (Fsp3) is 0.857. The van der Waals surface area contributed by atoms with Gasteiger partial charge in [-0.1, -0.05) is 0 Å². The van der Waals surface area contributed by atoms with E-state index in [0.717, 1.165) is 0 Å². The quantitative estimate of drug-likeness (QED) is 0.545. The van der Waals surface area contributed by atoms with Crippen molar-refractivity contribution < 1.29 is 15.0 Å². The van der Waals surface area contributed by atoms with E-state index in [1.165, 1.54) is 0 Å². The number of rotatable bonds is 1. The van der Waals surface area contributed by atoms with Crippen LogP contribution in [-0.2, 0) is 4.79 Å². The molecule has 2 aliphatic rings. The molecule has 2 aliphatic carbocycles. The van der Waals surface area contributed by atoms with Crippen molar-refractivity contribution >= 4 is 5.97 Å². The first-order valence-electron chi connectivity index (χ1n) is 3.61. The molecule has 0 bridgehead atoms. The van der Waals surface area contributed by atoms with E-state index in [0.29, 0.717) is 24.7 Å². The first-order valence-corrected chi connectivity index (χ1v) is 3.61. The molecule has 2 fully saturated rings. The minimum atomic E-state index is -0.679. The predicted molar refractivity (Wildman–Crippen MR) is 33.3 cm³/mol. The lowest BCUT2D eigenvalue weighted by Crippen LogP contribution is -2.10. The average molecular weight is 142 g/mol. The summed E-state index contributed by atoms with van der Waals surface area (Å²) in [7, 11) is 0. The van der Waals surface area contributed by atoms with Gasteiger partial charge in [0.2, 0.25) is 0 Å². The van der Waals surface area contributed by atoms with Gasteiger partial charge in [0, 0.05) is 0 Å². The average Bonchev–Trinajstić information content (AvgIpc) is 2.32. The molecule has 0 heterocycles. The van der Waals surface area contributed by atoms with Gasteiger partial charge in [-0.15, -0.1) is 0 Å². The van der Waals surface area contributed by atoms with E-state index in [2.05, 4.69) is 0 Å². The Morgan fingerprint density at radius 1 is 1.30 bits per heavy atom. The highest BCUT2D eigenvalue weighted by atomic mass is 16.4. The molecule has 0 aromatic heterocycles. The topological polar surface area (TPSA) is 57.5 Å². The van der Waals surface area contributed by atoms with Crippen LogP contribution in [0.1, 0.15) is 12.8 Å². The van der Waals surface area contributed by atoms with Crippen LogP contribution in [0.4, 0.5) is 0 Å². The van der Waals surface area contributed by atoms with Gasteiger partial charge in [0.15, 0.2) is 0 Å². The van der Waals surface area contributed by atoms with Gasteiger partial charge in [0.1, 0.15) is 0 Å². The fourth-order valence-corrected chi connectivity index (χ4v) is 2.18. The minimum absolute atomic E-state index is 0.122. The molecule has 0 aliphatic heterocycles. The number of aliphatic hydroxyl groups excluding tert-OH is 1. The molecule has 2 saturated carbocycles. The zero-order chi connectivity index (χ0) is 7.30. The normalized spacial score (nSPS) is 50.5. The van der Waals surface area contributed by atoms with Crippen molar-refractivity contribution in [3.63, 3.8) is 0 Å². The van der Waals surface area contributed by atoms with Crippen LogP contribution >= 0.6 is 0 Å². The van der Waals surface area contributed by atoms with E-state index in [1.54, 1.807) is 0 Å². The van der Waals surface area contributed by atoms with Crippen molar-refractivity contribution in [3.05, 3.63) is 0 Å². The summed E-state index contributed by atoms with van der Waals surface area (Å²) in [6, 6.07) is 0. The molecule has 0 saturated heterocycles. The van der Waals surface area contributed by atoms with E-state index >= 15 is 0 Å². The van der Waals surface area contributed by atoms with E-state index in [9.17, 15) is 4.79 Å². The summed E-state index contributed by atoms with van der Waals surface area (Å²) in [5.74, 6) is -0.203. The number of aliphatic carboxylic acids is 1. The second-order valence-electron chi connectivity index (χ2n) is 3.32. The Morgan fingerprint density at radius 2 is 1.80 bits per heavy atom. The molecule has 0 spiro atoms. The van der Waals surface area contributed by atoms with Crippen LogP contribution in [0, 0.1) is 17.8 Å². The smallest absolute Gasteiger partial charge is 0.307 e. The Balaban J connectivity index is 1.98. The molecular formula is C7H10O3. The molecule has 3 heteroatoms. The predicted octanol–water partition coefficient (Wildman–Crippen LogP) is 0.0879. The van der Waals surface area contributed by atoms with Gasteiger partial charge in [-0.2, -0.15) is 0 Å². The third-order valence-electron chi connectivity index (χ3n) is 2.71. The van der Waals surface area contributed by atoms with E-state index < -0.39 is 5.97 Å². The Hall–Kier alpha value is -0.570. The molecule has 2 N–H and O–H groups in total. The lowest BCUT2D eigenvalue weighted by Gasteiger charge is -2.03. The Kier molecular flexibility index (Phi) is 1.06. The maximum Gasteiger partial charge on any atom is 0.307 e. The summed E-state index contributed by atoms with van der Waals surface area (Å²) in [4.78, 5) is 10.4. The van der Waals surface area contributed by atoms with Gasteiger partial charge < -0.3 is 10.2 Å². The third-order valence-corrected chi connectivity index (χ3v) is 2.71. The van der Waals surface area contributed by atoms with Crippen LogP contribution in [0.3, 0.4) is 0 Å². The first-order chi connectivity index (χ1) is 4.70. The molecular weight excluding hydrogens is 132 g/mol. The van der Waals surface area contributed by atoms with E-state index in [-0.39, 0.29) is 12.0 Å². The zero-order valence-corrected chi connectivity index (χ0v) is 5.53. The maximum absolute atomic E-state index is 10.4. The van der Waals surface area contributed by atoms with Gasteiger partial charge >= 0.3 is 5.97 Å². The van der Waals surface area contributed by atoms with Crippen LogP contribution in [0.5, 0.6) is 0 Å². The fourth-order valence-electron chi connectivity index (χ4n) is 2.18. The SMILES string of the molecule is O=C(O)C1[C@H]2CC(O)C[C@@H]12. The standard InChI is InChI=1S/C7H10O3/c8-3-1-4-5(2-3)6(4)7(9)10/h3-6,8H,1-2H2,(H,9,10)/t3?,4-,5+,6?. The lowest BCUT2D eigenvalue weighted by molar-refractivity contribution is -0.139. The second-order valence-corrected chi connectivity index (χ2v) is 3.32. The summed E-state index contributed by atoms with van der Waals surface area (Å²) in [5.41, 5.74) is 0. The number of carboxylic acid groups (broad SMARTS) is 1. The monoisotopic (exact) mass is 142 g/mol. The van der Waals surface area contributed by atoms with Crippen molar-refractivity contribution in [2.24, 2.45) is 17.8 Å². The largest absolute Gasteiger partial charge is 0.481 e. The highest BCUT2D eigenvalue weighted by Gasteiger charge is 2.59. The highest BCUT2D eigenvalue weighted by molar-refractivity contribution is 5.74. The lowest BCUT2D eigenvalue weighted by atomic mass is 10.1. The number of hydrogen-bond donors (Lipinski definition) is 2. The van der Waals surface area contributed by atoms with Crippen LogP contribution in [0.25, 0.3) is 0 Å². The van der Waals surface area contributed by atoms with Crippen molar-refractivity contribution in [2.75, 3.05) is 0 Å². The van der Waals surface area contributed by atoms with E-state index in [1.807, 2.05) is 0 Å². The highest BCUT2D eigenvalue weighted by Crippen LogP contribution is 2.57. The molecule has 2 unspecified atom stereocenters. The van der Waals surface area contributed by atoms with E-state index in [4.69, 9.17) is 10.2 Å². The molecule has 0 radical (unpaired) electrons. The maximum atomic E-state index is 10.4. The summed E-state index contributed by atoms with van der Waals surface area (Å²) < 4.78 is 0. The molecule has 0 aromatic rings. The Labute approximate surface area is 58.7 Å². The van der Waals surface area contributed by atoms with Gasteiger partial charge in [-0.3, -0.25) is 4.79 Å². The molecule has 0 amide bonds. The second kappa shape index (κ2) is 1.72. The van der Waals surface area contributed by atoms with Gasteiger partial charge in [-0.05, 0) is 24.7 Å². The third kappa shape index (κ3) is 0.669. The number of fused-ring (bicyclic) bond motifs is 1. The molecule has 4 atom stereocenters. The number of carboxylic acids is 1. The summed E-state index contributed by atoms with van der Waals surface area (Å²) in [6.45, 7) is 0. The van der Waals surface area contributed by atoms with Crippen molar-refractivity contribution in [1.29, 1.82) is 0 Å². The first kappa shape index (κ1) is 6.16. The minimum Gasteiger partial charge on any atom is -0.481 e.